The predicted molar refractivity (Wildman–Crippen MR) is 75.8 cm³/mol. The number of hydrogen-bond donors (Lipinski definition) is 2. The van der Waals surface area contributed by atoms with Crippen molar-refractivity contribution in [2.45, 2.75) is 38.6 Å². The number of aromatic nitrogens is 2. The number of carbonyl (C=O) groups is 1. The van der Waals surface area contributed by atoms with E-state index >= 15 is 0 Å². The first-order chi connectivity index (χ1) is 9.89. The van der Waals surface area contributed by atoms with Crippen LogP contribution in [-0.4, -0.2) is 41.4 Å². The van der Waals surface area contributed by atoms with Crippen molar-refractivity contribution in [1.82, 2.24) is 15.3 Å². The fourth-order valence-corrected chi connectivity index (χ4v) is 2.97. The molecule has 1 aliphatic rings. The van der Waals surface area contributed by atoms with E-state index in [9.17, 15) is 4.79 Å². The highest BCUT2D eigenvalue weighted by atomic mass is 16.5. The van der Waals surface area contributed by atoms with E-state index in [2.05, 4.69) is 29.1 Å². The summed E-state index contributed by atoms with van der Waals surface area (Å²) in [5.74, 6) is 0.610. The second kappa shape index (κ2) is 5.75. The van der Waals surface area contributed by atoms with Gasteiger partial charge in [0.05, 0.1) is 26.1 Å². The van der Waals surface area contributed by atoms with Crippen molar-refractivity contribution < 1.29 is 19.4 Å². The zero-order valence-corrected chi connectivity index (χ0v) is 12.7. The highest BCUT2D eigenvalue weighted by molar-refractivity contribution is 5.65. The number of ether oxygens (including phenoxy) is 2. The van der Waals surface area contributed by atoms with Crippen LogP contribution in [0.3, 0.4) is 0 Å². The van der Waals surface area contributed by atoms with Crippen molar-refractivity contribution >= 4 is 6.09 Å². The van der Waals surface area contributed by atoms with Crippen LogP contribution >= 0.6 is 0 Å². The minimum atomic E-state index is -1.02. The monoisotopic (exact) mass is 295 g/mol. The van der Waals surface area contributed by atoms with Gasteiger partial charge in [0, 0.05) is 12.0 Å². The molecule has 0 saturated heterocycles. The van der Waals surface area contributed by atoms with E-state index in [0.717, 1.165) is 18.5 Å². The van der Waals surface area contributed by atoms with E-state index < -0.39 is 6.09 Å². The summed E-state index contributed by atoms with van der Waals surface area (Å²) in [5, 5.41) is 11.7. The Morgan fingerprint density at radius 1 is 1.38 bits per heavy atom. The summed E-state index contributed by atoms with van der Waals surface area (Å²) in [6.07, 6.45) is 2.37. The number of amides is 1. The van der Waals surface area contributed by atoms with Crippen molar-refractivity contribution in [1.29, 1.82) is 0 Å². The molecule has 0 spiro atoms. The van der Waals surface area contributed by atoms with Crippen LogP contribution in [0.2, 0.25) is 0 Å². The van der Waals surface area contributed by atoms with E-state index in [4.69, 9.17) is 14.6 Å². The molecule has 2 atom stereocenters. The van der Waals surface area contributed by atoms with Gasteiger partial charge in [-0.05, 0) is 18.3 Å². The van der Waals surface area contributed by atoms with Crippen LogP contribution in [-0.2, 0) is 0 Å². The molecule has 0 aromatic carbocycles. The third-order valence-electron chi connectivity index (χ3n) is 4.12. The number of carboxylic acid groups (broad SMARTS) is 1. The van der Waals surface area contributed by atoms with Gasteiger partial charge in [0.2, 0.25) is 0 Å². The van der Waals surface area contributed by atoms with Gasteiger partial charge in [0.1, 0.15) is 0 Å². The lowest BCUT2D eigenvalue weighted by atomic mass is 9.84. The van der Waals surface area contributed by atoms with Crippen LogP contribution in [0.15, 0.2) is 6.20 Å². The molecule has 1 aromatic rings. The first-order valence-corrected chi connectivity index (χ1v) is 6.83. The molecule has 2 unspecified atom stereocenters. The molecule has 0 bridgehead atoms. The summed E-state index contributed by atoms with van der Waals surface area (Å²) in [4.78, 5) is 19.7. The number of methoxy groups -OCH3 is 2. The molecule has 116 valence electrons. The van der Waals surface area contributed by atoms with Gasteiger partial charge < -0.3 is 19.9 Å². The Hall–Kier alpha value is -2.05. The fraction of sp³-hybridized carbons (Fsp3) is 0.643. The second-order valence-electron chi connectivity index (χ2n) is 5.87. The van der Waals surface area contributed by atoms with E-state index in [1.54, 1.807) is 6.20 Å². The Kier molecular flexibility index (Phi) is 4.20. The molecule has 1 aliphatic carbocycles. The number of nitrogens with zero attached hydrogens (tertiary/aromatic N) is 2. The average Bonchev–Trinajstić information content (AvgIpc) is 2.73. The second-order valence-corrected chi connectivity index (χ2v) is 5.87. The molecule has 2 rings (SSSR count). The van der Waals surface area contributed by atoms with Crippen LogP contribution in [0.1, 0.15) is 38.3 Å². The topological polar surface area (TPSA) is 93.6 Å². The van der Waals surface area contributed by atoms with Gasteiger partial charge in [-0.2, -0.15) is 0 Å². The van der Waals surface area contributed by atoms with E-state index in [-0.39, 0.29) is 17.4 Å². The average molecular weight is 295 g/mol. The van der Waals surface area contributed by atoms with Crippen LogP contribution in [0, 0.1) is 5.41 Å². The minimum Gasteiger partial charge on any atom is -0.477 e. The molecule has 21 heavy (non-hydrogen) atoms. The highest BCUT2D eigenvalue weighted by Gasteiger charge is 2.44. The van der Waals surface area contributed by atoms with Crippen molar-refractivity contribution in [2.75, 3.05) is 14.2 Å². The normalized spacial score (nSPS) is 23.6. The fourth-order valence-electron chi connectivity index (χ4n) is 2.97. The van der Waals surface area contributed by atoms with Gasteiger partial charge in [0.15, 0.2) is 0 Å². The largest absolute Gasteiger partial charge is 0.477 e. The van der Waals surface area contributed by atoms with Crippen LogP contribution in [0.5, 0.6) is 11.8 Å². The molecule has 0 radical (unpaired) electrons. The molecule has 1 amide bonds. The Morgan fingerprint density at radius 2 is 2.05 bits per heavy atom. The highest BCUT2D eigenvalue weighted by Crippen LogP contribution is 2.46. The lowest BCUT2D eigenvalue weighted by Crippen LogP contribution is -2.44. The number of hydrogen-bond acceptors (Lipinski definition) is 5. The first kappa shape index (κ1) is 15.3. The summed E-state index contributed by atoms with van der Waals surface area (Å²) in [6.45, 7) is 4.11. The predicted octanol–water partition coefficient (Wildman–Crippen LogP) is 2.03. The van der Waals surface area contributed by atoms with Gasteiger partial charge in [-0.15, -0.1) is 0 Å². The van der Waals surface area contributed by atoms with Gasteiger partial charge >= 0.3 is 6.09 Å². The maximum absolute atomic E-state index is 11.1. The molecule has 1 saturated carbocycles. The van der Waals surface area contributed by atoms with Gasteiger partial charge in [0.25, 0.3) is 11.8 Å². The molecule has 1 aromatic heterocycles. The Labute approximate surface area is 123 Å². The summed E-state index contributed by atoms with van der Waals surface area (Å²) in [5.41, 5.74) is 0.592. The van der Waals surface area contributed by atoms with E-state index in [1.807, 2.05) is 0 Å². The van der Waals surface area contributed by atoms with Gasteiger partial charge in [-0.1, -0.05) is 13.8 Å². The van der Waals surface area contributed by atoms with Crippen molar-refractivity contribution in [3.8, 4) is 11.8 Å². The summed E-state index contributed by atoms with van der Waals surface area (Å²) >= 11 is 0. The van der Waals surface area contributed by atoms with Gasteiger partial charge in [-0.3, -0.25) is 0 Å². The molecular formula is C14H21N3O4. The number of nitrogens with one attached hydrogen (secondary N) is 1. The SMILES string of the molecule is COc1ncc(C2CCC(C)(C)C2NC(=O)O)nc1OC. The van der Waals surface area contributed by atoms with Crippen LogP contribution < -0.4 is 14.8 Å². The van der Waals surface area contributed by atoms with E-state index in [1.165, 1.54) is 14.2 Å². The van der Waals surface area contributed by atoms with Crippen LogP contribution in [0.4, 0.5) is 4.79 Å². The quantitative estimate of drug-likeness (QED) is 0.882. The summed E-state index contributed by atoms with van der Waals surface area (Å²) in [7, 11) is 3.00. The van der Waals surface area contributed by atoms with Crippen molar-refractivity contribution in [2.24, 2.45) is 5.41 Å². The third kappa shape index (κ3) is 3.01. The maximum atomic E-state index is 11.1. The standard InChI is InChI=1S/C14H21N3O4/c1-14(2)6-5-8(10(14)17-13(18)19)9-7-15-11(20-3)12(16-9)21-4/h7-8,10,17H,5-6H2,1-4H3,(H,18,19). The number of rotatable bonds is 4. The smallest absolute Gasteiger partial charge is 0.404 e. The Morgan fingerprint density at radius 3 is 2.62 bits per heavy atom. The molecule has 7 heteroatoms. The maximum Gasteiger partial charge on any atom is 0.404 e. The summed E-state index contributed by atoms with van der Waals surface area (Å²) < 4.78 is 10.2. The lowest BCUT2D eigenvalue weighted by Gasteiger charge is -2.30. The van der Waals surface area contributed by atoms with E-state index in [0.29, 0.717) is 11.8 Å². The molecule has 1 heterocycles. The third-order valence-corrected chi connectivity index (χ3v) is 4.12. The lowest BCUT2D eigenvalue weighted by molar-refractivity contribution is 0.175. The minimum absolute atomic E-state index is 0.0246. The Balaban J connectivity index is 2.33. The van der Waals surface area contributed by atoms with Gasteiger partial charge in [-0.25, -0.2) is 14.8 Å². The van der Waals surface area contributed by atoms with Crippen molar-refractivity contribution in [3.05, 3.63) is 11.9 Å². The summed E-state index contributed by atoms with van der Waals surface area (Å²) in [6, 6.07) is -0.206. The molecule has 0 aliphatic heterocycles. The molecule has 1 fully saturated rings. The zero-order chi connectivity index (χ0) is 15.6. The van der Waals surface area contributed by atoms with Crippen LogP contribution in [0.25, 0.3) is 0 Å². The molecule has 7 nitrogen and oxygen atoms in total. The van der Waals surface area contributed by atoms with Crippen molar-refractivity contribution in [3.63, 3.8) is 0 Å². The first-order valence-electron chi connectivity index (χ1n) is 6.83. The zero-order valence-electron chi connectivity index (χ0n) is 12.7. The molecular weight excluding hydrogens is 274 g/mol. The Bertz CT molecular complexity index is 533. The molecule has 2 N–H and O–H groups in total.